The van der Waals surface area contributed by atoms with Crippen molar-refractivity contribution in [3.05, 3.63) is 86.8 Å². The molecule has 1 aliphatic carbocycles. The molecule has 4 rings (SSSR count). The molecular formula is C22H20N4O3S. The molecule has 1 aromatic heterocycles. The number of H-pyrrole nitrogens is 1. The van der Waals surface area contributed by atoms with E-state index in [-0.39, 0.29) is 10.5 Å². The first kappa shape index (κ1) is 19.9. The highest BCUT2D eigenvalue weighted by molar-refractivity contribution is 7.92. The van der Waals surface area contributed by atoms with Crippen LogP contribution in [0.2, 0.25) is 0 Å². The Hall–Kier alpha value is -3.44. The van der Waals surface area contributed by atoms with Gasteiger partial charge in [0.25, 0.3) is 15.6 Å². The highest BCUT2D eigenvalue weighted by Gasteiger charge is 2.18. The molecule has 7 nitrogen and oxygen atoms in total. The molecule has 1 heterocycles. The minimum Gasteiger partial charge on any atom is -0.280 e. The van der Waals surface area contributed by atoms with Crippen molar-refractivity contribution in [1.29, 1.82) is 5.26 Å². The number of nitriles is 1. The fourth-order valence-corrected chi connectivity index (χ4v) is 4.78. The fourth-order valence-electron chi connectivity index (χ4n) is 3.73. The van der Waals surface area contributed by atoms with Crippen LogP contribution in [0.4, 0.5) is 5.69 Å². The molecule has 8 heteroatoms. The van der Waals surface area contributed by atoms with Crippen molar-refractivity contribution in [2.75, 3.05) is 4.72 Å². The number of nitrogens with zero attached hydrogens (tertiary/aromatic N) is 2. The van der Waals surface area contributed by atoms with Crippen LogP contribution in [-0.4, -0.2) is 18.6 Å². The lowest BCUT2D eigenvalue weighted by Crippen LogP contribution is -2.23. The van der Waals surface area contributed by atoms with Crippen LogP contribution in [0.25, 0.3) is 0 Å². The Bertz CT molecular complexity index is 1290. The molecule has 0 saturated heterocycles. The minimum atomic E-state index is -3.77. The Morgan fingerprint density at radius 2 is 1.80 bits per heavy atom. The molecule has 0 spiro atoms. The molecule has 0 saturated carbocycles. The van der Waals surface area contributed by atoms with Gasteiger partial charge in [-0.25, -0.2) is 13.5 Å². The van der Waals surface area contributed by atoms with Crippen molar-refractivity contribution >= 4 is 15.7 Å². The summed E-state index contributed by atoms with van der Waals surface area (Å²) in [6.07, 6.45) is 4.16. The smallest absolute Gasteiger partial charge is 0.267 e. The van der Waals surface area contributed by atoms with E-state index in [1.165, 1.54) is 24.3 Å². The average Bonchev–Trinajstić information content (AvgIpc) is 2.76. The van der Waals surface area contributed by atoms with Crippen molar-refractivity contribution in [2.24, 2.45) is 0 Å². The molecule has 0 unspecified atom stereocenters. The molecule has 0 radical (unpaired) electrons. The normalized spacial score (nSPS) is 13.3. The van der Waals surface area contributed by atoms with Gasteiger partial charge in [0.05, 0.1) is 22.2 Å². The quantitative estimate of drug-likeness (QED) is 0.658. The van der Waals surface area contributed by atoms with Crippen molar-refractivity contribution < 1.29 is 8.42 Å². The fraction of sp³-hybridized carbons (Fsp3) is 0.227. The highest BCUT2D eigenvalue weighted by atomic mass is 32.2. The predicted octanol–water partition coefficient (Wildman–Crippen LogP) is 2.91. The van der Waals surface area contributed by atoms with Gasteiger partial charge in [0.1, 0.15) is 0 Å². The van der Waals surface area contributed by atoms with Crippen LogP contribution in [0.15, 0.2) is 58.2 Å². The molecule has 0 fully saturated rings. The number of anilines is 1. The van der Waals surface area contributed by atoms with E-state index >= 15 is 0 Å². The number of aromatic amines is 1. The molecule has 3 aromatic rings. The van der Waals surface area contributed by atoms with Gasteiger partial charge in [0.15, 0.2) is 0 Å². The van der Waals surface area contributed by atoms with Gasteiger partial charge in [0.2, 0.25) is 0 Å². The Balaban J connectivity index is 1.58. The summed E-state index contributed by atoms with van der Waals surface area (Å²) < 4.78 is 27.9. The van der Waals surface area contributed by atoms with Gasteiger partial charge in [-0.1, -0.05) is 12.1 Å². The standard InChI is InChI=1S/C22H20N4O3S/c23-14-15-8-10-18(11-9-15)30(28,29)26-17-5-3-4-16(12-17)13-21-19-6-1-2-7-20(19)22(27)25-24-21/h3-5,8-12,26H,1-2,6-7,13H2,(H,25,27). The molecule has 152 valence electrons. The van der Waals surface area contributed by atoms with E-state index in [0.717, 1.165) is 48.1 Å². The number of benzene rings is 2. The third-order valence-electron chi connectivity index (χ3n) is 5.23. The first-order valence-corrected chi connectivity index (χ1v) is 11.2. The van der Waals surface area contributed by atoms with Gasteiger partial charge in [0, 0.05) is 17.7 Å². The van der Waals surface area contributed by atoms with Gasteiger partial charge < -0.3 is 0 Å². The van der Waals surface area contributed by atoms with E-state index in [9.17, 15) is 13.2 Å². The molecule has 2 N–H and O–H groups in total. The minimum absolute atomic E-state index is 0.0864. The predicted molar refractivity (Wildman–Crippen MR) is 113 cm³/mol. The molecule has 30 heavy (non-hydrogen) atoms. The highest BCUT2D eigenvalue weighted by Crippen LogP contribution is 2.23. The summed E-state index contributed by atoms with van der Waals surface area (Å²) >= 11 is 0. The SMILES string of the molecule is N#Cc1ccc(S(=O)(=O)Nc2cccc(Cc3n[nH]c(=O)c4c3CCCC4)c2)cc1. The Morgan fingerprint density at radius 1 is 1.07 bits per heavy atom. The molecule has 0 atom stereocenters. The van der Waals surface area contributed by atoms with Gasteiger partial charge in [-0.2, -0.15) is 10.4 Å². The summed E-state index contributed by atoms with van der Waals surface area (Å²) in [5.74, 6) is 0. The van der Waals surface area contributed by atoms with Crippen LogP contribution in [0.5, 0.6) is 0 Å². The van der Waals surface area contributed by atoms with E-state index in [1.54, 1.807) is 18.2 Å². The Labute approximate surface area is 174 Å². The van der Waals surface area contributed by atoms with Crippen molar-refractivity contribution in [1.82, 2.24) is 10.2 Å². The Morgan fingerprint density at radius 3 is 2.53 bits per heavy atom. The number of rotatable bonds is 5. The number of fused-ring (bicyclic) bond motifs is 1. The summed E-state index contributed by atoms with van der Waals surface area (Å²) in [6, 6.07) is 14.8. The number of hydrogen-bond acceptors (Lipinski definition) is 5. The Kier molecular flexibility index (Phi) is 5.38. The first-order valence-electron chi connectivity index (χ1n) is 9.67. The molecule has 0 aliphatic heterocycles. The van der Waals surface area contributed by atoms with Gasteiger partial charge in [-0.15, -0.1) is 0 Å². The molecular weight excluding hydrogens is 400 g/mol. The van der Waals surface area contributed by atoms with Crippen LogP contribution in [0, 0.1) is 11.3 Å². The second kappa shape index (κ2) is 8.13. The second-order valence-electron chi connectivity index (χ2n) is 7.28. The summed E-state index contributed by atoms with van der Waals surface area (Å²) in [4.78, 5) is 12.1. The molecule has 0 bridgehead atoms. The summed E-state index contributed by atoms with van der Waals surface area (Å²) in [7, 11) is -3.77. The summed E-state index contributed by atoms with van der Waals surface area (Å²) in [5, 5.41) is 15.7. The van der Waals surface area contributed by atoms with E-state index in [0.29, 0.717) is 17.7 Å². The lowest BCUT2D eigenvalue weighted by molar-refractivity contribution is 0.601. The molecule has 2 aromatic carbocycles. The van der Waals surface area contributed by atoms with Crippen LogP contribution < -0.4 is 10.3 Å². The van der Waals surface area contributed by atoms with Gasteiger partial charge >= 0.3 is 0 Å². The lowest BCUT2D eigenvalue weighted by atomic mass is 9.90. The first-order chi connectivity index (χ1) is 14.5. The maximum Gasteiger partial charge on any atom is 0.267 e. The summed E-state index contributed by atoms with van der Waals surface area (Å²) in [5.41, 5.74) is 4.29. The van der Waals surface area contributed by atoms with Gasteiger partial charge in [-0.3, -0.25) is 9.52 Å². The van der Waals surface area contributed by atoms with Crippen LogP contribution in [0.3, 0.4) is 0 Å². The maximum atomic E-state index is 12.7. The zero-order chi connectivity index (χ0) is 21.1. The van der Waals surface area contributed by atoms with Crippen molar-refractivity contribution in [3.8, 4) is 6.07 Å². The zero-order valence-corrected chi connectivity index (χ0v) is 17.0. The maximum absolute atomic E-state index is 12.7. The zero-order valence-electron chi connectivity index (χ0n) is 16.2. The van der Waals surface area contributed by atoms with E-state index in [2.05, 4.69) is 14.9 Å². The van der Waals surface area contributed by atoms with Crippen molar-refractivity contribution in [2.45, 2.75) is 37.0 Å². The number of aromatic nitrogens is 2. The molecule has 0 amide bonds. The van der Waals surface area contributed by atoms with E-state index < -0.39 is 10.0 Å². The van der Waals surface area contributed by atoms with E-state index in [4.69, 9.17) is 5.26 Å². The topological polar surface area (TPSA) is 116 Å². The van der Waals surface area contributed by atoms with Crippen molar-refractivity contribution in [3.63, 3.8) is 0 Å². The summed E-state index contributed by atoms with van der Waals surface area (Å²) in [6.45, 7) is 0. The third kappa shape index (κ3) is 4.11. The second-order valence-corrected chi connectivity index (χ2v) is 8.96. The number of nitrogens with one attached hydrogen (secondary N) is 2. The van der Waals surface area contributed by atoms with E-state index in [1.807, 2.05) is 12.1 Å². The number of sulfonamides is 1. The monoisotopic (exact) mass is 420 g/mol. The van der Waals surface area contributed by atoms with Crippen LogP contribution in [-0.2, 0) is 29.3 Å². The van der Waals surface area contributed by atoms with Crippen LogP contribution in [0.1, 0.15) is 40.8 Å². The van der Waals surface area contributed by atoms with Crippen LogP contribution >= 0.6 is 0 Å². The van der Waals surface area contributed by atoms with Gasteiger partial charge in [-0.05, 0) is 73.2 Å². The largest absolute Gasteiger partial charge is 0.280 e. The lowest BCUT2D eigenvalue weighted by Gasteiger charge is -2.17. The average molecular weight is 420 g/mol. The molecule has 1 aliphatic rings. The third-order valence-corrected chi connectivity index (χ3v) is 6.62. The number of hydrogen-bond donors (Lipinski definition) is 2.